The first-order chi connectivity index (χ1) is 9.04. The molecule has 1 N–H and O–H groups in total. The maximum absolute atomic E-state index is 13.5. The van der Waals surface area contributed by atoms with Crippen LogP contribution in [0.1, 0.15) is 24.8 Å². The number of nitrogens with zero attached hydrogens (tertiary/aromatic N) is 1. The van der Waals surface area contributed by atoms with E-state index in [0.717, 1.165) is 25.5 Å². The zero-order valence-electron chi connectivity index (χ0n) is 11.3. The zero-order chi connectivity index (χ0) is 13.9. The van der Waals surface area contributed by atoms with Crippen LogP contribution < -0.4 is 0 Å². The number of aliphatic hydroxyl groups excluding tert-OH is 1. The molecule has 0 spiro atoms. The quantitative estimate of drug-likeness (QED) is 0.858. The summed E-state index contributed by atoms with van der Waals surface area (Å²) < 4.78 is 26.3. The summed E-state index contributed by atoms with van der Waals surface area (Å²) in [5, 5.41) is 9.42. The first kappa shape index (κ1) is 14.4. The van der Waals surface area contributed by atoms with Gasteiger partial charge in [0.2, 0.25) is 0 Å². The van der Waals surface area contributed by atoms with Gasteiger partial charge in [-0.1, -0.05) is 12.5 Å². The van der Waals surface area contributed by atoms with Crippen molar-refractivity contribution in [2.45, 2.75) is 25.7 Å². The molecule has 4 heteroatoms. The van der Waals surface area contributed by atoms with Crippen LogP contribution in [0.4, 0.5) is 8.78 Å². The molecule has 1 aliphatic carbocycles. The number of hydrogen-bond acceptors (Lipinski definition) is 2. The van der Waals surface area contributed by atoms with Crippen molar-refractivity contribution in [1.29, 1.82) is 0 Å². The third-order valence-corrected chi connectivity index (χ3v) is 4.13. The summed E-state index contributed by atoms with van der Waals surface area (Å²) in [6.07, 6.45) is 3.88. The fraction of sp³-hybridized carbons (Fsp3) is 0.600. The first-order valence-corrected chi connectivity index (χ1v) is 6.78. The van der Waals surface area contributed by atoms with Gasteiger partial charge in [0.15, 0.2) is 0 Å². The smallest absolute Gasteiger partial charge is 0.129 e. The van der Waals surface area contributed by atoms with Gasteiger partial charge in [0.25, 0.3) is 0 Å². The Morgan fingerprint density at radius 3 is 2.58 bits per heavy atom. The lowest BCUT2D eigenvalue weighted by atomic mass is 9.69. The second kappa shape index (κ2) is 5.97. The highest BCUT2D eigenvalue weighted by Crippen LogP contribution is 2.40. The third kappa shape index (κ3) is 3.51. The molecular formula is C15H21F2NO. The molecule has 2 rings (SSSR count). The highest BCUT2D eigenvalue weighted by atomic mass is 19.1. The van der Waals surface area contributed by atoms with Crippen LogP contribution in [0.15, 0.2) is 18.2 Å². The van der Waals surface area contributed by atoms with Gasteiger partial charge < -0.3 is 10.0 Å². The Labute approximate surface area is 113 Å². The van der Waals surface area contributed by atoms with Crippen molar-refractivity contribution in [3.8, 4) is 0 Å². The molecule has 0 aromatic heterocycles. The minimum atomic E-state index is -0.539. The minimum Gasteiger partial charge on any atom is -0.396 e. The summed E-state index contributed by atoms with van der Waals surface area (Å²) in [4.78, 5) is 2.12. The molecule has 0 bridgehead atoms. The molecule has 0 unspecified atom stereocenters. The van der Waals surface area contributed by atoms with E-state index in [9.17, 15) is 13.9 Å². The Bertz CT molecular complexity index is 427. The van der Waals surface area contributed by atoms with Crippen molar-refractivity contribution in [3.63, 3.8) is 0 Å². The second-order valence-electron chi connectivity index (χ2n) is 5.74. The molecule has 2 nitrogen and oxygen atoms in total. The largest absolute Gasteiger partial charge is 0.396 e. The molecule has 1 saturated carbocycles. The Morgan fingerprint density at radius 2 is 2.05 bits per heavy atom. The molecular weight excluding hydrogens is 248 g/mol. The monoisotopic (exact) mass is 269 g/mol. The molecule has 106 valence electrons. The van der Waals surface area contributed by atoms with E-state index in [1.54, 1.807) is 0 Å². The fourth-order valence-corrected chi connectivity index (χ4v) is 2.73. The summed E-state index contributed by atoms with van der Waals surface area (Å²) in [6, 6.07) is 3.72. The maximum atomic E-state index is 13.5. The Kier molecular flexibility index (Phi) is 4.53. The fourth-order valence-electron chi connectivity index (χ4n) is 2.73. The lowest BCUT2D eigenvalue weighted by molar-refractivity contribution is 0.0149. The predicted molar refractivity (Wildman–Crippen MR) is 70.9 cm³/mol. The zero-order valence-corrected chi connectivity index (χ0v) is 11.3. The summed E-state index contributed by atoms with van der Waals surface area (Å²) in [5.41, 5.74) is 0.593. The van der Waals surface area contributed by atoms with Gasteiger partial charge in [-0.25, -0.2) is 8.78 Å². The number of rotatable bonds is 6. The number of halogens is 2. The molecule has 19 heavy (non-hydrogen) atoms. The number of likely N-dealkylation sites (N-methyl/N-ethyl adjacent to an activating group) is 1. The number of aliphatic hydroxyl groups is 1. The van der Waals surface area contributed by atoms with E-state index < -0.39 is 11.6 Å². The average Bonchev–Trinajstić information content (AvgIpc) is 2.33. The number of hydrogen-bond donors (Lipinski definition) is 1. The minimum absolute atomic E-state index is 0.0517. The van der Waals surface area contributed by atoms with Crippen LogP contribution in [0.2, 0.25) is 0 Å². The lowest BCUT2D eigenvalue weighted by Gasteiger charge is -2.43. The maximum Gasteiger partial charge on any atom is 0.129 e. The molecule has 0 aliphatic heterocycles. The summed E-state index contributed by atoms with van der Waals surface area (Å²) in [7, 11) is 1.98. The normalized spacial score (nSPS) is 17.5. The van der Waals surface area contributed by atoms with E-state index in [1.807, 2.05) is 7.05 Å². The summed E-state index contributed by atoms with van der Waals surface area (Å²) in [5.74, 6) is -1.02. The van der Waals surface area contributed by atoms with Crippen LogP contribution in [0.3, 0.4) is 0 Å². The van der Waals surface area contributed by atoms with Crippen LogP contribution in [0, 0.1) is 17.0 Å². The van der Waals surface area contributed by atoms with E-state index in [-0.39, 0.29) is 12.0 Å². The molecule has 1 aromatic rings. The van der Waals surface area contributed by atoms with E-state index in [2.05, 4.69) is 4.90 Å². The van der Waals surface area contributed by atoms with Gasteiger partial charge in [-0.2, -0.15) is 0 Å². The standard InChI is InChI=1S/C15H21F2NO/c1-18(10-15(11-19)6-2-7-15)8-5-12-3-4-13(16)9-14(12)17/h3-4,9,19H,2,5-8,10-11H2,1H3. The van der Waals surface area contributed by atoms with Gasteiger partial charge in [0.1, 0.15) is 11.6 Å². The SMILES string of the molecule is CN(CCc1ccc(F)cc1F)CC1(CO)CCC1. The van der Waals surface area contributed by atoms with Gasteiger partial charge in [-0.05, 0) is 37.9 Å². The van der Waals surface area contributed by atoms with Crippen LogP contribution >= 0.6 is 0 Å². The van der Waals surface area contributed by atoms with Crippen LogP contribution in [-0.2, 0) is 6.42 Å². The van der Waals surface area contributed by atoms with Crippen molar-refractivity contribution in [3.05, 3.63) is 35.4 Å². The van der Waals surface area contributed by atoms with Crippen molar-refractivity contribution in [2.24, 2.45) is 5.41 Å². The molecule has 1 aromatic carbocycles. The highest BCUT2D eigenvalue weighted by Gasteiger charge is 2.36. The lowest BCUT2D eigenvalue weighted by Crippen LogP contribution is -2.44. The van der Waals surface area contributed by atoms with Crippen LogP contribution in [0.25, 0.3) is 0 Å². The Hall–Kier alpha value is -1.00. The van der Waals surface area contributed by atoms with Crippen LogP contribution in [0.5, 0.6) is 0 Å². The molecule has 1 fully saturated rings. The van der Waals surface area contributed by atoms with Crippen molar-refractivity contribution >= 4 is 0 Å². The summed E-state index contributed by atoms with van der Waals surface area (Å²) >= 11 is 0. The first-order valence-electron chi connectivity index (χ1n) is 6.78. The molecule has 0 amide bonds. The van der Waals surface area contributed by atoms with Crippen molar-refractivity contribution < 1.29 is 13.9 Å². The van der Waals surface area contributed by atoms with Gasteiger partial charge in [-0.15, -0.1) is 0 Å². The Balaban J connectivity index is 1.84. The van der Waals surface area contributed by atoms with E-state index in [4.69, 9.17) is 0 Å². The molecule has 1 aliphatic rings. The molecule has 0 atom stereocenters. The number of benzene rings is 1. The average molecular weight is 269 g/mol. The van der Waals surface area contributed by atoms with Crippen molar-refractivity contribution in [1.82, 2.24) is 4.90 Å². The van der Waals surface area contributed by atoms with Gasteiger partial charge in [0, 0.05) is 31.2 Å². The van der Waals surface area contributed by atoms with E-state index in [0.29, 0.717) is 18.5 Å². The van der Waals surface area contributed by atoms with Crippen molar-refractivity contribution in [2.75, 3.05) is 26.7 Å². The predicted octanol–water partition coefficient (Wildman–Crippen LogP) is 2.60. The Morgan fingerprint density at radius 1 is 1.32 bits per heavy atom. The van der Waals surface area contributed by atoms with Gasteiger partial charge in [0.05, 0.1) is 0 Å². The van der Waals surface area contributed by atoms with Gasteiger partial charge >= 0.3 is 0 Å². The van der Waals surface area contributed by atoms with Crippen LogP contribution in [-0.4, -0.2) is 36.8 Å². The van der Waals surface area contributed by atoms with Gasteiger partial charge in [-0.3, -0.25) is 0 Å². The topological polar surface area (TPSA) is 23.5 Å². The molecule has 0 heterocycles. The molecule has 0 saturated heterocycles. The highest BCUT2D eigenvalue weighted by molar-refractivity contribution is 5.18. The van der Waals surface area contributed by atoms with E-state index in [1.165, 1.54) is 18.6 Å². The summed E-state index contributed by atoms with van der Waals surface area (Å²) in [6.45, 7) is 1.78. The molecule has 0 radical (unpaired) electrons. The third-order valence-electron chi connectivity index (χ3n) is 4.13. The van der Waals surface area contributed by atoms with E-state index >= 15 is 0 Å². The second-order valence-corrected chi connectivity index (χ2v) is 5.74.